The Labute approximate surface area is 100 Å². The molecule has 0 radical (unpaired) electrons. The predicted molar refractivity (Wildman–Crippen MR) is 66.9 cm³/mol. The van der Waals surface area contributed by atoms with Crippen LogP contribution in [-0.2, 0) is 13.1 Å². The van der Waals surface area contributed by atoms with Gasteiger partial charge in [-0.1, -0.05) is 12.1 Å². The molecular formula is C12H17FN2S. The molecule has 1 heterocycles. The minimum absolute atomic E-state index is 0.194. The number of benzene rings is 1. The highest BCUT2D eigenvalue weighted by Gasteiger charge is 2.11. The molecule has 1 fully saturated rings. The van der Waals surface area contributed by atoms with Crippen molar-refractivity contribution in [3.8, 4) is 0 Å². The minimum atomic E-state index is -0.194. The molecular weight excluding hydrogens is 223 g/mol. The fraction of sp³-hybridized carbons (Fsp3) is 0.500. The number of rotatable bonds is 3. The van der Waals surface area contributed by atoms with Crippen molar-refractivity contribution in [2.75, 3.05) is 24.6 Å². The molecule has 88 valence electrons. The first-order chi connectivity index (χ1) is 7.79. The number of hydrogen-bond donors (Lipinski definition) is 1. The van der Waals surface area contributed by atoms with Crippen LogP contribution in [0.15, 0.2) is 18.2 Å². The third kappa shape index (κ3) is 2.97. The SMILES string of the molecule is NCc1cc(CN2CCSCC2)ccc1F. The van der Waals surface area contributed by atoms with E-state index in [2.05, 4.69) is 4.90 Å². The fourth-order valence-corrected chi connectivity index (χ4v) is 2.88. The highest BCUT2D eigenvalue weighted by atomic mass is 32.2. The topological polar surface area (TPSA) is 29.3 Å². The summed E-state index contributed by atoms with van der Waals surface area (Å²) in [6.45, 7) is 3.43. The van der Waals surface area contributed by atoms with Crippen molar-refractivity contribution in [2.45, 2.75) is 13.1 Å². The summed E-state index contributed by atoms with van der Waals surface area (Å²) in [5.74, 6) is 2.20. The van der Waals surface area contributed by atoms with Gasteiger partial charge in [0.1, 0.15) is 5.82 Å². The minimum Gasteiger partial charge on any atom is -0.326 e. The standard InChI is InChI=1S/C12H17FN2S/c13-12-2-1-10(7-11(12)8-14)9-15-3-5-16-6-4-15/h1-2,7H,3-6,8-9,14H2. The maximum atomic E-state index is 13.3. The maximum Gasteiger partial charge on any atom is 0.127 e. The summed E-state index contributed by atoms with van der Waals surface area (Å²) in [7, 11) is 0. The first-order valence-electron chi connectivity index (χ1n) is 5.57. The number of halogens is 1. The van der Waals surface area contributed by atoms with Crippen LogP contribution >= 0.6 is 11.8 Å². The fourth-order valence-electron chi connectivity index (χ4n) is 1.90. The van der Waals surface area contributed by atoms with Crippen molar-refractivity contribution in [3.05, 3.63) is 35.1 Å². The Kier molecular flexibility index (Phi) is 4.21. The molecule has 0 aromatic heterocycles. The molecule has 2 rings (SSSR count). The Morgan fingerprint density at radius 2 is 2.06 bits per heavy atom. The van der Waals surface area contributed by atoms with E-state index in [4.69, 9.17) is 5.73 Å². The van der Waals surface area contributed by atoms with E-state index in [9.17, 15) is 4.39 Å². The first-order valence-corrected chi connectivity index (χ1v) is 6.72. The van der Waals surface area contributed by atoms with Gasteiger partial charge < -0.3 is 5.73 Å². The van der Waals surface area contributed by atoms with E-state index in [0.717, 1.165) is 25.2 Å². The summed E-state index contributed by atoms with van der Waals surface area (Å²) in [5, 5.41) is 0. The lowest BCUT2D eigenvalue weighted by Crippen LogP contribution is -2.32. The monoisotopic (exact) mass is 240 g/mol. The maximum absolute atomic E-state index is 13.3. The lowest BCUT2D eigenvalue weighted by Gasteiger charge is -2.26. The van der Waals surface area contributed by atoms with Crippen molar-refractivity contribution in [3.63, 3.8) is 0 Å². The summed E-state index contributed by atoms with van der Waals surface area (Å²) in [5.41, 5.74) is 7.27. The van der Waals surface area contributed by atoms with Crippen LogP contribution in [-0.4, -0.2) is 29.5 Å². The molecule has 1 aliphatic heterocycles. The molecule has 1 aromatic carbocycles. The van der Waals surface area contributed by atoms with Gasteiger partial charge in [-0.15, -0.1) is 0 Å². The van der Waals surface area contributed by atoms with Crippen LogP contribution < -0.4 is 5.73 Å². The van der Waals surface area contributed by atoms with Crippen LogP contribution in [0.4, 0.5) is 4.39 Å². The summed E-state index contributed by atoms with van der Waals surface area (Å²) in [4.78, 5) is 2.41. The molecule has 0 spiro atoms. The van der Waals surface area contributed by atoms with Crippen molar-refractivity contribution >= 4 is 11.8 Å². The van der Waals surface area contributed by atoms with Gasteiger partial charge in [-0.2, -0.15) is 11.8 Å². The number of nitrogens with zero attached hydrogens (tertiary/aromatic N) is 1. The normalized spacial score (nSPS) is 17.6. The van der Waals surface area contributed by atoms with Gasteiger partial charge in [-0.25, -0.2) is 4.39 Å². The van der Waals surface area contributed by atoms with Crippen LogP contribution in [0.3, 0.4) is 0 Å². The number of thioether (sulfide) groups is 1. The lowest BCUT2D eigenvalue weighted by molar-refractivity contribution is 0.294. The Balaban J connectivity index is 2.03. The predicted octanol–water partition coefficient (Wildman–Crippen LogP) is 1.83. The highest BCUT2D eigenvalue weighted by molar-refractivity contribution is 7.99. The molecule has 16 heavy (non-hydrogen) atoms. The summed E-state index contributed by atoms with van der Waals surface area (Å²) in [6.07, 6.45) is 0. The van der Waals surface area contributed by atoms with E-state index < -0.39 is 0 Å². The molecule has 0 saturated carbocycles. The molecule has 1 aromatic rings. The van der Waals surface area contributed by atoms with Gasteiger partial charge in [0.05, 0.1) is 0 Å². The Morgan fingerprint density at radius 1 is 1.31 bits per heavy atom. The van der Waals surface area contributed by atoms with Gasteiger partial charge in [0.25, 0.3) is 0 Å². The third-order valence-electron chi connectivity index (χ3n) is 2.84. The zero-order valence-electron chi connectivity index (χ0n) is 9.29. The van der Waals surface area contributed by atoms with Gasteiger partial charge in [0, 0.05) is 43.2 Å². The Morgan fingerprint density at radius 3 is 2.75 bits per heavy atom. The molecule has 0 aliphatic carbocycles. The average molecular weight is 240 g/mol. The molecule has 2 nitrogen and oxygen atoms in total. The largest absolute Gasteiger partial charge is 0.326 e. The van der Waals surface area contributed by atoms with Gasteiger partial charge in [-0.3, -0.25) is 4.90 Å². The molecule has 0 atom stereocenters. The number of nitrogens with two attached hydrogens (primary N) is 1. The average Bonchev–Trinajstić information content (AvgIpc) is 2.33. The van der Waals surface area contributed by atoms with Crippen molar-refractivity contribution in [1.29, 1.82) is 0 Å². The highest BCUT2D eigenvalue weighted by Crippen LogP contribution is 2.15. The smallest absolute Gasteiger partial charge is 0.127 e. The van der Waals surface area contributed by atoms with E-state index in [-0.39, 0.29) is 12.4 Å². The summed E-state index contributed by atoms with van der Waals surface area (Å²) in [6, 6.07) is 5.27. The van der Waals surface area contributed by atoms with Crippen LogP contribution in [0, 0.1) is 5.82 Å². The quantitative estimate of drug-likeness (QED) is 0.874. The summed E-state index contributed by atoms with van der Waals surface area (Å²) < 4.78 is 13.3. The second-order valence-corrected chi connectivity index (χ2v) is 5.24. The zero-order valence-corrected chi connectivity index (χ0v) is 10.1. The van der Waals surface area contributed by atoms with Gasteiger partial charge in [0.15, 0.2) is 0 Å². The molecule has 0 bridgehead atoms. The molecule has 2 N–H and O–H groups in total. The zero-order chi connectivity index (χ0) is 11.4. The van der Waals surface area contributed by atoms with Crippen LogP contribution in [0.25, 0.3) is 0 Å². The molecule has 1 aliphatic rings. The lowest BCUT2D eigenvalue weighted by atomic mass is 10.1. The number of hydrogen-bond acceptors (Lipinski definition) is 3. The first kappa shape index (κ1) is 11.9. The van der Waals surface area contributed by atoms with E-state index in [1.165, 1.54) is 17.6 Å². The van der Waals surface area contributed by atoms with Gasteiger partial charge in [0.2, 0.25) is 0 Å². The van der Waals surface area contributed by atoms with E-state index in [1.807, 2.05) is 23.9 Å². The van der Waals surface area contributed by atoms with Gasteiger partial charge >= 0.3 is 0 Å². The van der Waals surface area contributed by atoms with Crippen molar-refractivity contribution < 1.29 is 4.39 Å². The molecule has 1 saturated heterocycles. The van der Waals surface area contributed by atoms with E-state index >= 15 is 0 Å². The van der Waals surface area contributed by atoms with E-state index in [0.29, 0.717) is 5.56 Å². The van der Waals surface area contributed by atoms with Crippen molar-refractivity contribution in [2.24, 2.45) is 5.73 Å². The van der Waals surface area contributed by atoms with Crippen LogP contribution in [0.1, 0.15) is 11.1 Å². The molecule has 0 amide bonds. The second-order valence-electron chi connectivity index (χ2n) is 4.02. The molecule has 0 unspecified atom stereocenters. The summed E-state index contributed by atoms with van der Waals surface area (Å²) >= 11 is 2.00. The van der Waals surface area contributed by atoms with Crippen LogP contribution in [0.5, 0.6) is 0 Å². The van der Waals surface area contributed by atoms with Crippen molar-refractivity contribution in [1.82, 2.24) is 4.90 Å². The molecule has 4 heteroatoms. The van der Waals surface area contributed by atoms with Crippen LogP contribution in [0.2, 0.25) is 0 Å². The third-order valence-corrected chi connectivity index (χ3v) is 3.78. The second kappa shape index (κ2) is 5.66. The Hall–Kier alpha value is -0.580. The Bertz CT molecular complexity index is 351. The van der Waals surface area contributed by atoms with E-state index in [1.54, 1.807) is 0 Å². The van der Waals surface area contributed by atoms with Gasteiger partial charge in [-0.05, 0) is 11.6 Å².